The molecule has 2 aliphatic rings. The van der Waals surface area contributed by atoms with Gasteiger partial charge in [-0.05, 0) is 49.2 Å². The quantitative estimate of drug-likeness (QED) is 0.415. The Kier molecular flexibility index (Phi) is 4.88. The zero-order valence-corrected chi connectivity index (χ0v) is 19.1. The summed E-state index contributed by atoms with van der Waals surface area (Å²) in [5.41, 5.74) is 3.44. The molecule has 2 aliphatic heterocycles. The summed E-state index contributed by atoms with van der Waals surface area (Å²) in [6.45, 7) is 2.10. The van der Waals surface area contributed by atoms with E-state index in [1.54, 1.807) is 18.2 Å². The van der Waals surface area contributed by atoms with Crippen LogP contribution >= 0.6 is 0 Å². The minimum Gasteiger partial charge on any atom is -0.322 e. The lowest BCUT2D eigenvalue weighted by Crippen LogP contribution is -2.52. The van der Waals surface area contributed by atoms with E-state index in [-0.39, 0.29) is 30.5 Å². The van der Waals surface area contributed by atoms with E-state index in [0.29, 0.717) is 29.1 Å². The van der Waals surface area contributed by atoms with Crippen LogP contribution in [-0.2, 0) is 16.1 Å². The lowest BCUT2D eigenvalue weighted by atomic mass is 10.0. The average molecular weight is 484 g/mol. The van der Waals surface area contributed by atoms with Gasteiger partial charge < -0.3 is 14.6 Å². The number of nitrogens with one attached hydrogen (secondary N) is 2. The number of hydrogen-bond acceptors (Lipinski definition) is 7. The molecule has 12 heteroatoms. The minimum absolute atomic E-state index is 0.105. The minimum atomic E-state index is -0.684. The van der Waals surface area contributed by atoms with Crippen molar-refractivity contribution in [3.8, 4) is 5.69 Å². The Bertz CT molecular complexity index is 1590. The first-order valence-electron chi connectivity index (χ1n) is 11.3. The van der Waals surface area contributed by atoms with Crippen LogP contribution in [0.5, 0.6) is 0 Å². The Balaban J connectivity index is 1.21. The first-order chi connectivity index (χ1) is 17.4. The van der Waals surface area contributed by atoms with E-state index >= 15 is 0 Å². The molecule has 2 N–H and O–H groups in total. The van der Waals surface area contributed by atoms with Crippen molar-refractivity contribution in [1.29, 1.82) is 0 Å². The predicted octanol–water partition coefficient (Wildman–Crippen LogP) is 1.24. The fourth-order valence-corrected chi connectivity index (χ4v) is 4.61. The third-order valence-corrected chi connectivity index (χ3v) is 6.50. The molecule has 36 heavy (non-hydrogen) atoms. The fraction of sp³-hybridized carbons (Fsp3) is 0.208. The number of carbonyl (C=O) groups is 4. The molecule has 180 valence electrons. The number of benzene rings is 1. The van der Waals surface area contributed by atoms with Gasteiger partial charge in [0.15, 0.2) is 11.5 Å². The van der Waals surface area contributed by atoms with Crippen LogP contribution in [0.1, 0.15) is 44.9 Å². The van der Waals surface area contributed by atoms with E-state index in [1.807, 2.05) is 35.7 Å². The van der Waals surface area contributed by atoms with Gasteiger partial charge in [-0.2, -0.15) is 0 Å². The van der Waals surface area contributed by atoms with Crippen LogP contribution in [-0.4, -0.2) is 58.9 Å². The molecule has 0 spiro atoms. The third-order valence-electron chi connectivity index (χ3n) is 6.50. The lowest BCUT2D eigenvalue weighted by molar-refractivity contribution is -0.136. The number of imide groups is 1. The molecule has 1 saturated heterocycles. The smallest absolute Gasteiger partial charge is 0.279 e. The molecule has 1 atom stereocenters. The summed E-state index contributed by atoms with van der Waals surface area (Å²) in [7, 11) is 0. The maximum absolute atomic E-state index is 12.9. The van der Waals surface area contributed by atoms with Gasteiger partial charge in [0.25, 0.3) is 11.8 Å². The highest BCUT2D eigenvalue weighted by Crippen LogP contribution is 2.29. The van der Waals surface area contributed by atoms with Gasteiger partial charge in [0.1, 0.15) is 11.7 Å². The molecular formula is C24H20N8O4. The second kappa shape index (κ2) is 8.12. The van der Waals surface area contributed by atoms with Crippen molar-refractivity contribution in [3.63, 3.8) is 0 Å². The number of anilines is 1. The van der Waals surface area contributed by atoms with Crippen LogP contribution in [0.2, 0.25) is 0 Å². The zero-order chi connectivity index (χ0) is 25.0. The summed E-state index contributed by atoms with van der Waals surface area (Å²) in [5, 5.41) is 13.1. The molecule has 1 aromatic carbocycles. The van der Waals surface area contributed by atoms with Crippen molar-refractivity contribution in [2.75, 3.05) is 5.32 Å². The first-order valence-corrected chi connectivity index (χ1v) is 11.3. The van der Waals surface area contributed by atoms with Crippen LogP contribution in [0.15, 0.2) is 48.8 Å². The number of amides is 4. The van der Waals surface area contributed by atoms with E-state index in [0.717, 1.165) is 11.3 Å². The van der Waals surface area contributed by atoms with E-state index in [4.69, 9.17) is 0 Å². The molecule has 4 amide bonds. The van der Waals surface area contributed by atoms with Gasteiger partial charge in [0.05, 0.1) is 17.6 Å². The highest BCUT2D eigenvalue weighted by molar-refractivity contribution is 6.05. The standard InChI is InChI=1S/C24H20N8O4/c1-13-21(25-19-4-2-3-9-30(13)19)27-22(34)17-12-32(29-28-17)15-5-6-16-14(10-15)11-31(24(16)36)18-7-8-20(33)26-23(18)35/h2-6,9-10,12,18H,7-8,11H2,1H3,(H,27,34)(H,26,33,35). The number of nitrogens with zero attached hydrogens (tertiary/aromatic N) is 6. The number of aryl methyl sites for hydroxylation is 1. The first kappa shape index (κ1) is 21.6. The van der Waals surface area contributed by atoms with Crippen molar-refractivity contribution < 1.29 is 19.2 Å². The topological polar surface area (TPSA) is 144 Å². The average Bonchev–Trinajstić information content (AvgIpc) is 3.56. The van der Waals surface area contributed by atoms with Crippen molar-refractivity contribution in [1.82, 2.24) is 34.6 Å². The van der Waals surface area contributed by atoms with Gasteiger partial charge >= 0.3 is 0 Å². The normalized spacial score (nSPS) is 17.4. The summed E-state index contributed by atoms with van der Waals surface area (Å²) in [5.74, 6) is -1.06. The summed E-state index contributed by atoms with van der Waals surface area (Å²) in [4.78, 5) is 55.3. The summed E-state index contributed by atoms with van der Waals surface area (Å²) in [6.07, 6.45) is 3.85. The Morgan fingerprint density at radius 1 is 1.17 bits per heavy atom. The molecule has 0 aliphatic carbocycles. The zero-order valence-electron chi connectivity index (χ0n) is 19.1. The van der Waals surface area contributed by atoms with Crippen LogP contribution < -0.4 is 10.6 Å². The molecule has 4 aromatic rings. The highest BCUT2D eigenvalue weighted by Gasteiger charge is 2.39. The largest absolute Gasteiger partial charge is 0.322 e. The van der Waals surface area contributed by atoms with E-state index in [2.05, 4.69) is 25.9 Å². The van der Waals surface area contributed by atoms with E-state index in [1.165, 1.54) is 15.8 Å². The van der Waals surface area contributed by atoms with Crippen LogP contribution in [0.25, 0.3) is 11.3 Å². The number of hydrogen-bond donors (Lipinski definition) is 2. The number of piperidine rings is 1. The molecule has 1 unspecified atom stereocenters. The second-order valence-corrected chi connectivity index (χ2v) is 8.72. The molecule has 0 bridgehead atoms. The maximum atomic E-state index is 12.9. The number of carbonyl (C=O) groups excluding carboxylic acids is 4. The van der Waals surface area contributed by atoms with E-state index in [9.17, 15) is 19.2 Å². The Morgan fingerprint density at radius 3 is 2.83 bits per heavy atom. The fourth-order valence-electron chi connectivity index (χ4n) is 4.61. The second-order valence-electron chi connectivity index (χ2n) is 8.72. The van der Waals surface area contributed by atoms with Crippen LogP contribution in [0.3, 0.4) is 0 Å². The van der Waals surface area contributed by atoms with Gasteiger partial charge in [-0.3, -0.25) is 24.5 Å². The Hall–Kier alpha value is -4.87. The van der Waals surface area contributed by atoms with E-state index < -0.39 is 17.9 Å². The van der Waals surface area contributed by atoms with Gasteiger partial charge in [-0.25, -0.2) is 9.67 Å². The monoisotopic (exact) mass is 484 g/mol. The molecule has 0 saturated carbocycles. The van der Waals surface area contributed by atoms with Gasteiger partial charge in [0, 0.05) is 24.7 Å². The molecule has 5 heterocycles. The van der Waals surface area contributed by atoms with Crippen molar-refractivity contribution in [2.24, 2.45) is 0 Å². The van der Waals surface area contributed by atoms with Gasteiger partial charge in [-0.15, -0.1) is 5.10 Å². The molecule has 1 fully saturated rings. The number of pyridine rings is 1. The summed E-state index contributed by atoms with van der Waals surface area (Å²) >= 11 is 0. The lowest BCUT2D eigenvalue weighted by Gasteiger charge is -2.29. The maximum Gasteiger partial charge on any atom is 0.279 e. The number of aromatic nitrogens is 5. The number of fused-ring (bicyclic) bond motifs is 2. The molecular weight excluding hydrogens is 464 g/mol. The third kappa shape index (κ3) is 3.50. The SMILES string of the molecule is Cc1c(NC(=O)c2cn(-c3ccc4c(c3)CN(C3CCC(=O)NC3=O)C4=O)nn2)nc2ccccn12. The summed E-state index contributed by atoms with van der Waals surface area (Å²) in [6, 6.07) is 10.1. The molecule has 3 aromatic heterocycles. The van der Waals surface area contributed by atoms with Crippen molar-refractivity contribution >= 4 is 35.1 Å². The number of imidazole rings is 1. The molecule has 12 nitrogen and oxygen atoms in total. The Morgan fingerprint density at radius 2 is 2.03 bits per heavy atom. The van der Waals surface area contributed by atoms with Crippen LogP contribution in [0.4, 0.5) is 5.82 Å². The van der Waals surface area contributed by atoms with Crippen molar-refractivity contribution in [2.45, 2.75) is 32.4 Å². The number of rotatable bonds is 4. The molecule has 0 radical (unpaired) electrons. The highest BCUT2D eigenvalue weighted by atomic mass is 16.2. The van der Waals surface area contributed by atoms with Crippen molar-refractivity contribution in [3.05, 3.63) is 71.3 Å². The Labute approximate surface area is 203 Å². The molecule has 6 rings (SSSR count). The van der Waals surface area contributed by atoms with Crippen LogP contribution in [0, 0.1) is 6.92 Å². The predicted molar refractivity (Wildman–Crippen MR) is 125 cm³/mol. The van der Waals surface area contributed by atoms with Gasteiger partial charge in [0.2, 0.25) is 11.8 Å². The summed E-state index contributed by atoms with van der Waals surface area (Å²) < 4.78 is 3.32. The van der Waals surface area contributed by atoms with Gasteiger partial charge in [-0.1, -0.05) is 11.3 Å².